The Morgan fingerprint density at radius 1 is 0.436 bits per heavy atom. The van der Waals surface area contributed by atoms with Gasteiger partial charge in [-0.15, -0.1) is 0 Å². The summed E-state index contributed by atoms with van der Waals surface area (Å²) in [6, 6.07) is -0.862. The smallest absolute Gasteiger partial charge is 0.387 e. The Morgan fingerprint density at radius 3 is 1.10 bits per heavy atom. The van der Waals surface area contributed by atoms with Crippen molar-refractivity contribution >= 4 is 13.7 Å². The monoisotopic (exact) mass is 1120 g/mol. The number of quaternary nitrogens is 1. The average molecular weight is 1120 g/mol. The Hall–Kier alpha value is -1.54. The summed E-state index contributed by atoms with van der Waals surface area (Å²) in [5.74, 6) is -0.181. The van der Waals surface area contributed by atoms with Crippen LogP contribution < -0.4 is 5.32 Å². The molecule has 3 unspecified atom stereocenters. The van der Waals surface area contributed by atoms with Crippen LogP contribution in [0.2, 0.25) is 0 Å². The van der Waals surface area contributed by atoms with Crippen LogP contribution in [0.3, 0.4) is 0 Å². The van der Waals surface area contributed by atoms with Crippen LogP contribution in [0.25, 0.3) is 0 Å². The fourth-order valence-electron chi connectivity index (χ4n) is 10.2. The molecule has 460 valence electrons. The van der Waals surface area contributed by atoms with E-state index in [-0.39, 0.29) is 19.1 Å². The van der Waals surface area contributed by atoms with Crippen molar-refractivity contribution < 1.29 is 32.9 Å². The summed E-state index contributed by atoms with van der Waals surface area (Å²) in [4.78, 5) is 23.3. The number of hydrogen-bond acceptors (Lipinski definition) is 5. The number of nitrogens with zero attached hydrogens (tertiary/aromatic N) is 1. The summed E-state index contributed by atoms with van der Waals surface area (Å²) >= 11 is 0. The third kappa shape index (κ3) is 62.1. The van der Waals surface area contributed by atoms with Gasteiger partial charge in [0.05, 0.1) is 39.9 Å². The number of phosphoric ester groups is 1. The molecule has 0 rings (SSSR count). The highest BCUT2D eigenvalue weighted by Gasteiger charge is 2.28. The number of allylic oxidation sites excluding steroid dienone is 7. The zero-order valence-corrected chi connectivity index (χ0v) is 53.6. The molecule has 0 aromatic rings. The van der Waals surface area contributed by atoms with Crippen LogP contribution in [0.1, 0.15) is 335 Å². The molecule has 78 heavy (non-hydrogen) atoms. The lowest BCUT2D eigenvalue weighted by atomic mass is 10.0. The van der Waals surface area contributed by atoms with Crippen LogP contribution in [-0.4, -0.2) is 73.4 Å². The van der Waals surface area contributed by atoms with Crippen LogP contribution in [0.4, 0.5) is 0 Å². The first-order valence-electron chi connectivity index (χ1n) is 34.0. The van der Waals surface area contributed by atoms with Gasteiger partial charge in [-0.2, -0.15) is 0 Å². The molecule has 8 nitrogen and oxygen atoms in total. The van der Waals surface area contributed by atoms with E-state index in [4.69, 9.17) is 9.05 Å². The van der Waals surface area contributed by atoms with Gasteiger partial charge in [-0.1, -0.05) is 313 Å². The average Bonchev–Trinajstić information content (AvgIpc) is 3.41. The minimum atomic E-state index is -4.35. The summed E-state index contributed by atoms with van der Waals surface area (Å²) in [5.41, 5.74) is 0. The predicted molar refractivity (Wildman–Crippen MR) is 341 cm³/mol. The number of unbranched alkanes of at least 4 members (excludes halogenated alkanes) is 44. The van der Waals surface area contributed by atoms with Crippen molar-refractivity contribution in [3.05, 3.63) is 48.6 Å². The molecule has 0 bridgehead atoms. The second-order valence-electron chi connectivity index (χ2n) is 24.5. The van der Waals surface area contributed by atoms with Crippen LogP contribution in [0.15, 0.2) is 48.6 Å². The molecule has 0 aliphatic rings. The number of phosphoric acid groups is 1. The molecule has 0 aromatic carbocycles. The minimum absolute atomic E-state index is 0.0576. The van der Waals surface area contributed by atoms with Gasteiger partial charge in [0.1, 0.15) is 13.2 Å². The van der Waals surface area contributed by atoms with Gasteiger partial charge < -0.3 is 19.8 Å². The maximum Gasteiger partial charge on any atom is 0.472 e. The van der Waals surface area contributed by atoms with Crippen LogP contribution in [0.5, 0.6) is 0 Å². The van der Waals surface area contributed by atoms with E-state index in [1.54, 1.807) is 6.08 Å². The quantitative estimate of drug-likeness (QED) is 0.0243. The van der Waals surface area contributed by atoms with Crippen LogP contribution >= 0.6 is 7.82 Å². The molecule has 0 heterocycles. The first-order chi connectivity index (χ1) is 38.0. The Balaban J connectivity index is 3.86. The Bertz CT molecular complexity index is 1410. The van der Waals surface area contributed by atoms with Gasteiger partial charge in [-0.3, -0.25) is 13.8 Å². The molecule has 0 aliphatic carbocycles. The molecule has 1 amide bonds. The maximum absolute atomic E-state index is 13.0. The standard InChI is InChI=1S/C69H133N2O6P/c1-6-8-10-12-14-16-18-20-22-23-24-25-26-27-28-29-30-31-32-33-34-35-36-37-38-39-40-41-42-43-44-45-46-47-49-51-53-55-57-59-61-63-69(73)70-67(66-77-78(74,75)76-65-64-71(3,4)5)68(72)62-60-58-56-54-52-50-48-21-19-17-15-13-11-9-7-2/h18,20,23-24,52,54,60,62,67-68,72H,6-17,19,21-22,25-51,53,55-59,61,63-66H2,1-5H3,(H-,70,73,74,75)/p+1/b20-18-,24-23-,54-52+,62-60+. The second kappa shape index (κ2) is 60.1. The molecular weight excluding hydrogens is 984 g/mol. The van der Waals surface area contributed by atoms with E-state index in [0.29, 0.717) is 17.4 Å². The van der Waals surface area contributed by atoms with E-state index in [1.165, 1.54) is 270 Å². The number of nitrogens with one attached hydrogen (secondary N) is 1. The minimum Gasteiger partial charge on any atom is -0.387 e. The molecule has 3 atom stereocenters. The molecule has 0 aliphatic heterocycles. The van der Waals surface area contributed by atoms with Crippen molar-refractivity contribution in [3.63, 3.8) is 0 Å². The Morgan fingerprint density at radius 2 is 0.744 bits per heavy atom. The number of rotatable bonds is 63. The number of likely N-dealkylation sites (N-methyl/N-ethyl adjacent to an activating group) is 1. The SMILES string of the molecule is CCCCCCC/C=C\C/C=C\CCCCCCCCCCCCCCCCCCCCCCCCCCCCCCCC(=O)NC(COP(=O)(O)OCC[N+](C)(C)C)C(O)/C=C/CC/C=C/CCCCCCCCCCC. The first-order valence-corrected chi connectivity index (χ1v) is 35.5. The molecular formula is C69H134N2O6P+. The molecule has 0 aromatic heterocycles. The Kier molecular flexibility index (Phi) is 58.9. The summed E-state index contributed by atoms with van der Waals surface area (Å²) < 4.78 is 23.7. The van der Waals surface area contributed by atoms with Gasteiger partial charge in [0, 0.05) is 6.42 Å². The van der Waals surface area contributed by atoms with E-state index in [2.05, 4.69) is 55.6 Å². The molecule has 0 saturated carbocycles. The van der Waals surface area contributed by atoms with Gasteiger partial charge in [0.25, 0.3) is 0 Å². The van der Waals surface area contributed by atoms with E-state index in [0.717, 1.165) is 44.9 Å². The molecule has 0 radical (unpaired) electrons. The highest BCUT2D eigenvalue weighted by atomic mass is 31.2. The summed E-state index contributed by atoms with van der Waals surface area (Å²) in [6.07, 6.45) is 81.4. The van der Waals surface area contributed by atoms with E-state index >= 15 is 0 Å². The highest BCUT2D eigenvalue weighted by molar-refractivity contribution is 7.47. The second-order valence-corrected chi connectivity index (χ2v) is 26.0. The number of aliphatic hydroxyl groups excluding tert-OH is 1. The van der Waals surface area contributed by atoms with Gasteiger partial charge >= 0.3 is 7.82 Å². The predicted octanol–water partition coefficient (Wildman–Crippen LogP) is 21.4. The first kappa shape index (κ1) is 76.5. The van der Waals surface area contributed by atoms with Crippen LogP contribution in [-0.2, 0) is 18.4 Å². The molecule has 0 fully saturated rings. The maximum atomic E-state index is 13.0. The van der Waals surface area contributed by atoms with Crippen molar-refractivity contribution in [2.75, 3.05) is 40.9 Å². The number of aliphatic hydroxyl groups is 1. The van der Waals surface area contributed by atoms with Gasteiger partial charge in [-0.25, -0.2) is 4.57 Å². The van der Waals surface area contributed by atoms with Crippen LogP contribution in [0, 0.1) is 0 Å². The van der Waals surface area contributed by atoms with Crippen molar-refractivity contribution in [2.24, 2.45) is 0 Å². The van der Waals surface area contributed by atoms with E-state index < -0.39 is 20.0 Å². The zero-order chi connectivity index (χ0) is 57.0. The van der Waals surface area contributed by atoms with Crippen molar-refractivity contribution in [1.29, 1.82) is 0 Å². The lowest BCUT2D eigenvalue weighted by molar-refractivity contribution is -0.870. The Labute approximate surface area is 486 Å². The number of carbonyl (C=O) groups is 1. The van der Waals surface area contributed by atoms with Crippen molar-refractivity contribution in [2.45, 2.75) is 347 Å². The summed E-state index contributed by atoms with van der Waals surface area (Å²) in [5, 5.41) is 13.9. The topological polar surface area (TPSA) is 105 Å². The van der Waals surface area contributed by atoms with Crippen molar-refractivity contribution in [1.82, 2.24) is 5.32 Å². The largest absolute Gasteiger partial charge is 0.472 e. The van der Waals surface area contributed by atoms with Gasteiger partial charge in [0.2, 0.25) is 5.91 Å². The third-order valence-corrected chi connectivity index (χ3v) is 16.5. The number of carbonyl (C=O) groups excluding carboxylic acids is 1. The van der Waals surface area contributed by atoms with Gasteiger partial charge in [-0.05, 0) is 64.2 Å². The fraction of sp³-hybridized carbons (Fsp3) is 0.870. The third-order valence-electron chi connectivity index (χ3n) is 15.5. The zero-order valence-electron chi connectivity index (χ0n) is 52.7. The summed E-state index contributed by atoms with van der Waals surface area (Å²) in [6.45, 7) is 4.81. The lowest BCUT2D eigenvalue weighted by Gasteiger charge is -2.25. The molecule has 3 N–H and O–H groups in total. The molecule has 0 spiro atoms. The van der Waals surface area contributed by atoms with Crippen molar-refractivity contribution in [3.8, 4) is 0 Å². The van der Waals surface area contributed by atoms with E-state index in [9.17, 15) is 19.4 Å². The fourth-order valence-corrected chi connectivity index (χ4v) is 10.9. The summed E-state index contributed by atoms with van der Waals surface area (Å²) in [7, 11) is 1.57. The number of hydrogen-bond donors (Lipinski definition) is 3. The van der Waals surface area contributed by atoms with E-state index in [1.807, 2.05) is 27.2 Å². The molecule has 0 saturated heterocycles. The highest BCUT2D eigenvalue weighted by Crippen LogP contribution is 2.43. The molecule has 9 heteroatoms. The lowest BCUT2D eigenvalue weighted by Crippen LogP contribution is -2.45. The number of amides is 1. The van der Waals surface area contributed by atoms with Gasteiger partial charge in [0.15, 0.2) is 0 Å². The normalized spacial score (nSPS) is 14.0.